The summed E-state index contributed by atoms with van der Waals surface area (Å²) >= 11 is 5.37. The fraction of sp³-hybridized carbons (Fsp3) is 0.0500. The molecule has 0 aliphatic carbocycles. The average molecular weight is 343 g/mol. The van der Waals surface area contributed by atoms with Crippen LogP contribution in [0.25, 0.3) is 22.4 Å². The van der Waals surface area contributed by atoms with Crippen molar-refractivity contribution in [3.63, 3.8) is 0 Å². The van der Waals surface area contributed by atoms with Crippen LogP contribution in [-0.2, 0) is 0 Å². The molecular formula is C20H13N3OS. The van der Waals surface area contributed by atoms with Crippen molar-refractivity contribution in [3.05, 3.63) is 70.4 Å². The highest BCUT2D eigenvalue weighted by Gasteiger charge is 2.18. The highest BCUT2D eigenvalue weighted by atomic mass is 32.1. The van der Waals surface area contributed by atoms with Gasteiger partial charge in [0.25, 0.3) is 0 Å². The van der Waals surface area contributed by atoms with Gasteiger partial charge in [-0.05, 0) is 23.3 Å². The van der Waals surface area contributed by atoms with Gasteiger partial charge in [0.1, 0.15) is 22.5 Å². The molecule has 0 unspecified atom stereocenters. The second-order valence-electron chi connectivity index (χ2n) is 5.27. The standard InChI is InChI=1S/C20H13N3OS/c1-24-15-9-7-13(8-10-15)18-16(11-21)19(14-5-3-2-4-6-14)23-20(25)17(18)12-22/h2-10H,1H3,(H,23,25). The molecule has 1 aromatic heterocycles. The van der Waals surface area contributed by atoms with Gasteiger partial charge in [-0.25, -0.2) is 0 Å². The lowest BCUT2D eigenvalue weighted by molar-refractivity contribution is 0.415. The molecule has 4 nitrogen and oxygen atoms in total. The highest BCUT2D eigenvalue weighted by Crippen LogP contribution is 2.34. The van der Waals surface area contributed by atoms with Crippen LogP contribution in [0.4, 0.5) is 0 Å². The zero-order valence-corrected chi connectivity index (χ0v) is 14.2. The number of nitrogens with one attached hydrogen (secondary N) is 1. The van der Waals surface area contributed by atoms with Crippen LogP contribution in [0.3, 0.4) is 0 Å². The van der Waals surface area contributed by atoms with E-state index in [4.69, 9.17) is 17.0 Å². The van der Waals surface area contributed by atoms with Crippen molar-refractivity contribution in [2.24, 2.45) is 0 Å². The van der Waals surface area contributed by atoms with Gasteiger partial charge in [0, 0.05) is 5.56 Å². The number of H-pyrrole nitrogens is 1. The van der Waals surface area contributed by atoms with Crippen molar-refractivity contribution in [3.8, 4) is 40.3 Å². The summed E-state index contributed by atoms with van der Waals surface area (Å²) in [5.74, 6) is 0.699. The van der Waals surface area contributed by atoms with Crippen LogP contribution in [-0.4, -0.2) is 12.1 Å². The minimum Gasteiger partial charge on any atom is -0.497 e. The summed E-state index contributed by atoms with van der Waals surface area (Å²) in [7, 11) is 1.59. The van der Waals surface area contributed by atoms with Crippen LogP contribution < -0.4 is 4.74 Å². The van der Waals surface area contributed by atoms with Crippen LogP contribution in [0.2, 0.25) is 0 Å². The van der Waals surface area contributed by atoms with Gasteiger partial charge < -0.3 is 9.72 Å². The highest BCUT2D eigenvalue weighted by molar-refractivity contribution is 7.71. The van der Waals surface area contributed by atoms with Crippen molar-refractivity contribution in [2.75, 3.05) is 7.11 Å². The van der Waals surface area contributed by atoms with Gasteiger partial charge in [-0.1, -0.05) is 54.7 Å². The topological polar surface area (TPSA) is 72.6 Å². The summed E-state index contributed by atoms with van der Waals surface area (Å²) in [6.07, 6.45) is 0. The van der Waals surface area contributed by atoms with E-state index < -0.39 is 0 Å². The molecule has 3 aromatic rings. The fourth-order valence-corrected chi connectivity index (χ4v) is 2.94. The number of aromatic amines is 1. The predicted octanol–water partition coefficient (Wildman–Crippen LogP) is 4.83. The first-order valence-electron chi connectivity index (χ1n) is 7.50. The van der Waals surface area contributed by atoms with Gasteiger partial charge >= 0.3 is 0 Å². The van der Waals surface area contributed by atoms with Crippen LogP contribution in [0.15, 0.2) is 54.6 Å². The smallest absolute Gasteiger partial charge is 0.122 e. The van der Waals surface area contributed by atoms with Gasteiger partial charge in [0.05, 0.1) is 23.9 Å². The number of ether oxygens (including phenoxy) is 1. The third-order valence-corrected chi connectivity index (χ3v) is 4.19. The number of nitriles is 2. The van der Waals surface area contributed by atoms with Gasteiger partial charge in [-0.15, -0.1) is 0 Å². The molecule has 0 saturated heterocycles. The van der Waals surface area contributed by atoms with Crippen LogP contribution in [0.5, 0.6) is 5.75 Å². The van der Waals surface area contributed by atoms with E-state index in [1.54, 1.807) is 19.2 Å². The van der Waals surface area contributed by atoms with Crippen molar-refractivity contribution in [1.82, 2.24) is 4.98 Å². The number of hydrogen-bond acceptors (Lipinski definition) is 4. The van der Waals surface area contributed by atoms with E-state index in [-0.39, 0.29) is 5.56 Å². The second-order valence-corrected chi connectivity index (χ2v) is 5.68. The molecule has 0 bridgehead atoms. The Balaban J connectivity index is 2.36. The first kappa shape index (κ1) is 16.4. The maximum absolute atomic E-state index is 9.80. The van der Waals surface area contributed by atoms with Crippen molar-refractivity contribution >= 4 is 12.2 Å². The molecule has 0 aliphatic heterocycles. The van der Waals surface area contributed by atoms with Gasteiger partial charge in [0.2, 0.25) is 0 Å². The minimum atomic E-state index is 0.288. The van der Waals surface area contributed by atoms with Crippen molar-refractivity contribution < 1.29 is 4.74 Å². The zero-order valence-electron chi connectivity index (χ0n) is 13.4. The van der Waals surface area contributed by atoms with Crippen molar-refractivity contribution in [2.45, 2.75) is 0 Å². The molecule has 0 amide bonds. The molecule has 2 aromatic carbocycles. The molecule has 1 heterocycles. The first-order chi connectivity index (χ1) is 12.2. The van der Waals surface area contributed by atoms with E-state index in [1.807, 2.05) is 42.5 Å². The summed E-state index contributed by atoms with van der Waals surface area (Å²) < 4.78 is 5.49. The molecule has 5 heteroatoms. The van der Waals surface area contributed by atoms with Crippen LogP contribution in [0, 0.1) is 27.3 Å². The van der Waals surface area contributed by atoms with E-state index in [9.17, 15) is 10.5 Å². The molecule has 0 saturated carbocycles. The Hall–Kier alpha value is -3.41. The summed E-state index contributed by atoms with van der Waals surface area (Å²) in [5, 5.41) is 19.4. The predicted molar refractivity (Wildman–Crippen MR) is 98.5 cm³/mol. The van der Waals surface area contributed by atoms with Gasteiger partial charge in [0.15, 0.2) is 0 Å². The normalized spacial score (nSPS) is 9.88. The first-order valence-corrected chi connectivity index (χ1v) is 7.90. The number of pyridine rings is 1. The SMILES string of the molecule is COc1ccc(-c2c(C#N)c(-c3ccccc3)[nH]c(=S)c2C#N)cc1. The molecule has 1 N–H and O–H groups in total. The quantitative estimate of drug-likeness (QED) is 0.691. The fourth-order valence-electron chi connectivity index (χ4n) is 2.69. The largest absolute Gasteiger partial charge is 0.497 e. The Morgan fingerprint density at radius 3 is 2.08 bits per heavy atom. The number of methoxy groups -OCH3 is 1. The molecule has 0 fully saturated rings. The molecule has 120 valence electrons. The third kappa shape index (κ3) is 3.01. The van der Waals surface area contributed by atoms with Gasteiger partial charge in [-0.2, -0.15) is 10.5 Å². The Bertz CT molecular complexity index is 1060. The van der Waals surface area contributed by atoms with Crippen molar-refractivity contribution in [1.29, 1.82) is 10.5 Å². The Morgan fingerprint density at radius 2 is 1.52 bits per heavy atom. The second kappa shape index (κ2) is 7.00. The molecule has 0 spiro atoms. The minimum absolute atomic E-state index is 0.288. The summed E-state index contributed by atoms with van der Waals surface area (Å²) in [5.41, 5.74) is 3.40. The monoisotopic (exact) mass is 343 g/mol. The van der Waals surface area contributed by atoms with Crippen LogP contribution >= 0.6 is 12.2 Å². The van der Waals surface area contributed by atoms with Gasteiger partial charge in [-0.3, -0.25) is 0 Å². The maximum Gasteiger partial charge on any atom is 0.122 e. The van der Waals surface area contributed by atoms with E-state index in [1.165, 1.54) is 0 Å². The van der Waals surface area contributed by atoms with Crippen LogP contribution in [0.1, 0.15) is 11.1 Å². The summed E-state index contributed by atoms with van der Waals surface area (Å²) in [6.45, 7) is 0. The lowest BCUT2D eigenvalue weighted by Gasteiger charge is -2.13. The molecule has 0 radical (unpaired) electrons. The van der Waals surface area contributed by atoms with E-state index in [0.29, 0.717) is 27.2 Å². The lowest BCUT2D eigenvalue weighted by Crippen LogP contribution is -1.99. The third-order valence-electron chi connectivity index (χ3n) is 3.88. The Morgan fingerprint density at radius 1 is 0.880 bits per heavy atom. The number of nitrogens with zero attached hydrogens (tertiary/aromatic N) is 2. The molecule has 0 aliphatic rings. The zero-order chi connectivity index (χ0) is 17.8. The molecule has 0 atom stereocenters. The lowest BCUT2D eigenvalue weighted by atomic mass is 9.93. The molecule has 25 heavy (non-hydrogen) atoms. The number of hydrogen-bond donors (Lipinski definition) is 1. The number of benzene rings is 2. The van der Waals surface area contributed by atoms with E-state index in [0.717, 1.165) is 11.1 Å². The van der Waals surface area contributed by atoms with E-state index in [2.05, 4.69) is 17.1 Å². The Labute approximate surface area is 150 Å². The maximum atomic E-state index is 9.80. The average Bonchev–Trinajstić information content (AvgIpc) is 2.68. The molecule has 3 rings (SSSR count). The summed E-state index contributed by atoms with van der Waals surface area (Å²) in [4.78, 5) is 3.04. The Kier molecular flexibility index (Phi) is 4.61. The van der Waals surface area contributed by atoms with E-state index >= 15 is 0 Å². The molecular weight excluding hydrogens is 330 g/mol. The summed E-state index contributed by atoms with van der Waals surface area (Å²) in [6, 6.07) is 21.0. The number of rotatable bonds is 3. The number of aromatic nitrogens is 1.